The van der Waals surface area contributed by atoms with Crippen LogP contribution in [0.5, 0.6) is 0 Å². The van der Waals surface area contributed by atoms with Crippen LogP contribution >= 0.6 is 11.3 Å². The summed E-state index contributed by atoms with van der Waals surface area (Å²) in [4.78, 5) is 33.4. The Bertz CT molecular complexity index is 1840. The van der Waals surface area contributed by atoms with E-state index in [0.29, 0.717) is 38.8 Å². The lowest BCUT2D eigenvalue weighted by atomic mass is 10.1. The lowest BCUT2D eigenvalue weighted by molar-refractivity contribution is -0.117. The van der Waals surface area contributed by atoms with Crippen LogP contribution in [-0.2, 0) is 4.79 Å². The summed E-state index contributed by atoms with van der Waals surface area (Å²) in [5, 5.41) is 9.65. The van der Waals surface area contributed by atoms with Crippen molar-refractivity contribution in [2.45, 2.75) is 12.8 Å². The number of amides is 1. The number of aromatic nitrogens is 7. The van der Waals surface area contributed by atoms with E-state index in [9.17, 15) is 9.18 Å². The number of anilines is 1. The number of thiophene rings is 1. The third-order valence-electron chi connectivity index (χ3n) is 6.25. The van der Waals surface area contributed by atoms with Crippen LogP contribution in [0.2, 0.25) is 0 Å². The molecule has 1 aliphatic rings. The minimum absolute atomic E-state index is 0.0320. The van der Waals surface area contributed by atoms with Gasteiger partial charge < -0.3 is 10.3 Å². The number of carbonyl (C=O) groups excluding carboxylic acids is 1. The number of hydrogen-bond donors (Lipinski definition) is 3. The van der Waals surface area contributed by atoms with E-state index in [0.717, 1.165) is 29.7 Å². The molecule has 0 aromatic carbocycles. The van der Waals surface area contributed by atoms with E-state index < -0.39 is 5.82 Å². The second-order valence-electron chi connectivity index (χ2n) is 8.76. The molecule has 0 bridgehead atoms. The second kappa shape index (κ2) is 8.23. The van der Waals surface area contributed by atoms with Gasteiger partial charge in [-0.05, 0) is 37.1 Å². The van der Waals surface area contributed by atoms with Crippen LogP contribution in [0, 0.1) is 16.9 Å². The Morgan fingerprint density at radius 2 is 1.95 bits per heavy atom. The topological polar surface area (TPSA) is 125 Å². The molecule has 6 aromatic heterocycles. The van der Waals surface area contributed by atoms with E-state index in [1.807, 2.05) is 0 Å². The van der Waals surface area contributed by atoms with Gasteiger partial charge in [0.1, 0.15) is 11.5 Å². The molecule has 12 heteroatoms. The molecule has 6 aromatic rings. The Hall–Kier alpha value is -4.58. The molecule has 1 aliphatic carbocycles. The fourth-order valence-electron chi connectivity index (χ4n) is 4.26. The third kappa shape index (κ3) is 3.73. The zero-order valence-electron chi connectivity index (χ0n) is 18.9. The minimum Gasteiger partial charge on any atom is -0.335 e. The average Bonchev–Trinajstić information content (AvgIpc) is 3.29. The number of fused-ring (bicyclic) bond motifs is 2. The van der Waals surface area contributed by atoms with Crippen LogP contribution < -0.4 is 5.32 Å². The van der Waals surface area contributed by atoms with Crippen LogP contribution in [0.15, 0.2) is 49.1 Å². The highest BCUT2D eigenvalue weighted by Gasteiger charge is 2.29. The Kier molecular flexibility index (Phi) is 4.83. The van der Waals surface area contributed by atoms with Gasteiger partial charge in [-0.3, -0.25) is 14.9 Å². The Labute approximate surface area is 211 Å². The maximum absolute atomic E-state index is 16.0. The van der Waals surface area contributed by atoms with Crippen molar-refractivity contribution in [1.29, 1.82) is 0 Å². The predicted octanol–water partition coefficient (Wildman–Crippen LogP) is 5.31. The molecular formula is C25H16F2N8OS. The van der Waals surface area contributed by atoms with E-state index in [1.54, 1.807) is 24.4 Å². The quantitative estimate of drug-likeness (QED) is 0.286. The predicted molar refractivity (Wildman–Crippen MR) is 135 cm³/mol. The highest BCUT2D eigenvalue weighted by atomic mass is 32.1. The van der Waals surface area contributed by atoms with Crippen molar-refractivity contribution in [3.8, 4) is 33.1 Å². The molecule has 0 spiro atoms. The van der Waals surface area contributed by atoms with Crippen molar-refractivity contribution in [1.82, 2.24) is 35.1 Å². The normalized spacial score (nSPS) is 13.5. The number of hydrogen-bond acceptors (Lipinski definition) is 7. The first kappa shape index (κ1) is 21.7. The highest BCUT2D eigenvalue weighted by Crippen LogP contribution is 2.36. The van der Waals surface area contributed by atoms with Gasteiger partial charge in [0.05, 0.1) is 22.8 Å². The average molecular weight is 515 g/mol. The van der Waals surface area contributed by atoms with Gasteiger partial charge in [-0.15, -0.1) is 11.3 Å². The Balaban J connectivity index is 1.32. The molecule has 182 valence electrons. The fourth-order valence-corrected chi connectivity index (χ4v) is 5.02. The maximum Gasteiger partial charge on any atom is 0.227 e. The lowest BCUT2D eigenvalue weighted by Crippen LogP contribution is -2.13. The fraction of sp³-hybridized carbons (Fsp3) is 0.120. The van der Waals surface area contributed by atoms with Crippen LogP contribution in [-0.4, -0.2) is 41.0 Å². The molecule has 3 N–H and O–H groups in total. The number of pyridine rings is 3. The number of carbonyl (C=O) groups is 1. The number of nitrogens with one attached hydrogen (secondary N) is 3. The molecule has 0 aliphatic heterocycles. The second-order valence-corrected chi connectivity index (χ2v) is 9.79. The molecular weight excluding hydrogens is 498 g/mol. The minimum atomic E-state index is -0.560. The molecule has 1 fully saturated rings. The highest BCUT2D eigenvalue weighted by molar-refractivity contribution is 7.14. The van der Waals surface area contributed by atoms with Crippen molar-refractivity contribution in [2.24, 2.45) is 5.92 Å². The van der Waals surface area contributed by atoms with Gasteiger partial charge in [0.25, 0.3) is 0 Å². The van der Waals surface area contributed by atoms with Gasteiger partial charge in [-0.25, -0.2) is 19.3 Å². The molecule has 9 nitrogen and oxygen atoms in total. The smallest absolute Gasteiger partial charge is 0.227 e. The maximum atomic E-state index is 16.0. The van der Waals surface area contributed by atoms with Gasteiger partial charge in [-0.1, -0.05) is 0 Å². The molecule has 6 heterocycles. The van der Waals surface area contributed by atoms with Crippen molar-refractivity contribution in [3.63, 3.8) is 0 Å². The van der Waals surface area contributed by atoms with Crippen LogP contribution in [0.3, 0.4) is 0 Å². The van der Waals surface area contributed by atoms with Gasteiger partial charge >= 0.3 is 0 Å². The molecule has 0 radical (unpaired) electrons. The summed E-state index contributed by atoms with van der Waals surface area (Å²) in [5.41, 5.74) is 3.35. The first-order valence-corrected chi connectivity index (χ1v) is 12.3. The molecule has 1 saturated carbocycles. The van der Waals surface area contributed by atoms with Crippen molar-refractivity contribution in [3.05, 3.63) is 60.0 Å². The Morgan fingerprint density at radius 3 is 2.76 bits per heavy atom. The van der Waals surface area contributed by atoms with Gasteiger partial charge in [0, 0.05) is 46.1 Å². The van der Waals surface area contributed by atoms with Crippen LogP contribution in [0.4, 0.5) is 14.5 Å². The summed E-state index contributed by atoms with van der Waals surface area (Å²) in [6, 6.07) is 6.51. The first-order chi connectivity index (χ1) is 18.0. The molecule has 1 amide bonds. The molecule has 0 saturated heterocycles. The van der Waals surface area contributed by atoms with E-state index in [2.05, 4.69) is 40.4 Å². The number of nitrogens with zero attached hydrogens (tertiary/aromatic N) is 5. The molecule has 37 heavy (non-hydrogen) atoms. The van der Waals surface area contributed by atoms with E-state index >= 15 is 4.39 Å². The summed E-state index contributed by atoms with van der Waals surface area (Å²) in [5.74, 6) is -0.274. The number of halogens is 2. The zero-order valence-corrected chi connectivity index (χ0v) is 19.7. The van der Waals surface area contributed by atoms with Crippen molar-refractivity contribution < 1.29 is 13.6 Å². The first-order valence-electron chi connectivity index (χ1n) is 11.4. The summed E-state index contributed by atoms with van der Waals surface area (Å²) < 4.78 is 29.6. The van der Waals surface area contributed by atoms with Crippen LogP contribution in [0.1, 0.15) is 12.8 Å². The zero-order chi connectivity index (χ0) is 25.1. The summed E-state index contributed by atoms with van der Waals surface area (Å²) in [6.07, 6.45) is 7.76. The summed E-state index contributed by atoms with van der Waals surface area (Å²) in [6.45, 7) is 0. The summed E-state index contributed by atoms with van der Waals surface area (Å²) in [7, 11) is 0. The third-order valence-corrected chi connectivity index (χ3v) is 7.16. The van der Waals surface area contributed by atoms with Crippen molar-refractivity contribution >= 4 is 45.1 Å². The van der Waals surface area contributed by atoms with Crippen LogP contribution in [0.25, 0.3) is 55.3 Å². The summed E-state index contributed by atoms with van der Waals surface area (Å²) >= 11 is 1.01. The Morgan fingerprint density at radius 1 is 1.05 bits per heavy atom. The molecule has 0 unspecified atom stereocenters. The van der Waals surface area contributed by atoms with Gasteiger partial charge in [-0.2, -0.15) is 9.49 Å². The number of H-pyrrole nitrogens is 2. The monoisotopic (exact) mass is 514 g/mol. The van der Waals surface area contributed by atoms with Gasteiger partial charge in [0.15, 0.2) is 22.2 Å². The lowest BCUT2D eigenvalue weighted by Gasteiger charge is -2.08. The molecule has 7 rings (SSSR count). The largest absolute Gasteiger partial charge is 0.335 e. The van der Waals surface area contributed by atoms with Gasteiger partial charge in [0.2, 0.25) is 5.91 Å². The van der Waals surface area contributed by atoms with Crippen molar-refractivity contribution in [2.75, 3.05) is 5.32 Å². The SMILES string of the molecule is O=C(Nc1cncc(-c2cnc3n[nH]c(-c4nc5nccc(-c6ccc(F)s6)c5[nH]4)c3c2F)c1)C1CC1. The van der Waals surface area contributed by atoms with E-state index in [4.69, 9.17) is 0 Å². The van der Waals surface area contributed by atoms with E-state index in [1.165, 1.54) is 24.7 Å². The number of aromatic amines is 2. The molecule has 0 atom stereocenters. The van der Waals surface area contributed by atoms with E-state index in [-0.39, 0.29) is 33.6 Å². The standard InChI is InChI=1S/C25H16F2N8OS/c26-17-4-3-16(37-17)14-5-6-29-23-20(14)32-24(33-23)21-18-19(27)15(10-30-22(18)35-34-21)12-7-13(9-28-8-12)31-25(36)11-1-2-11/h3-11H,1-2H2,(H,31,36)(H,29,32,33)(H,30,34,35). The number of rotatable bonds is 5. The number of imidazole rings is 1.